The first-order valence-electron chi connectivity index (χ1n) is 12.5. The minimum absolute atomic E-state index is 0.187. The maximum atomic E-state index is 13.4. The molecule has 1 fully saturated rings. The van der Waals surface area contributed by atoms with E-state index in [1.807, 2.05) is 24.3 Å². The van der Waals surface area contributed by atoms with Crippen LogP contribution in [-0.4, -0.2) is 70.5 Å². The second kappa shape index (κ2) is 13.9. The van der Waals surface area contributed by atoms with Crippen LogP contribution >= 0.6 is 11.6 Å². The van der Waals surface area contributed by atoms with Gasteiger partial charge in [-0.25, -0.2) is 17.9 Å². The third kappa shape index (κ3) is 8.55. The summed E-state index contributed by atoms with van der Waals surface area (Å²) < 4.78 is 66.7. The minimum Gasteiger partial charge on any atom is -0.475 e. The number of hydrazone groups is 1. The van der Waals surface area contributed by atoms with Crippen molar-refractivity contribution in [1.82, 2.24) is 9.62 Å². The third-order valence-electron chi connectivity index (χ3n) is 6.17. The number of alkyl halides is 4. The average molecular weight is 660 g/mol. The van der Waals surface area contributed by atoms with E-state index in [4.69, 9.17) is 32.1 Å². The topological polar surface area (TPSA) is 195 Å². The van der Waals surface area contributed by atoms with Gasteiger partial charge in [0.1, 0.15) is 6.04 Å². The van der Waals surface area contributed by atoms with Gasteiger partial charge in [0.25, 0.3) is 0 Å². The molecular weight excluding hydrogens is 635 g/mol. The fourth-order valence-electron chi connectivity index (χ4n) is 4.20. The molecule has 44 heavy (non-hydrogen) atoms. The summed E-state index contributed by atoms with van der Waals surface area (Å²) in [6.45, 7) is 0.635. The highest BCUT2D eigenvalue weighted by atomic mass is 35.5. The number of halogens is 4. The van der Waals surface area contributed by atoms with Crippen LogP contribution in [-0.2, 0) is 26.2 Å². The zero-order valence-corrected chi connectivity index (χ0v) is 24.0. The number of nitro groups is 1. The largest absolute Gasteiger partial charge is 0.490 e. The normalized spacial score (nSPS) is 21.6. The lowest BCUT2D eigenvalue weighted by Gasteiger charge is -2.33. The van der Waals surface area contributed by atoms with Gasteiger partial charge in [0.15, 0.2) is 11.0 Å². The maximum absolute atomic E-state index is 13.4. The van der Waals surface area contributed by atoms with Crippen LogP contribution in [0.2, 0.25) is 0 Å². The van der Waals surface area contributed by atoms with Crippen molar-refractivity contribution < 1.29 is 45.9 Å². The van der Waals surface area contributed by atoms with Crippen molar-refractivity contribution in [1.29, 1.82) is 0 Å². The van der Waals surface area contributed by atoms with Gasteiger partial charge in [0, 0.05) is 19.2 Å². The summed E-state index contributed by atoms with van der Waals surface area (Å²) in [5.41, 5.74) is 1.25. The molecule has 2 aromatic rings. The standard InChI is InChI=1S/C24H24ClN5O6S.C2HF3O2/c25-24(36-21-9-2-1-8-20(21)30(32)33)12-4-3-10-22(24)37(34,35)28-19-11-13-29(23(19)31)16-18-7-5-6-17(14-18)15-27-26;3-2(4,5)1(6)7/h1-10,12,14-15,19,22,28H,11,13,16,26H2;(H,6,7)/t19-,22?,24?;/m0./s1. The first-order chi connectivity index (χ1) is 20.6. The Hall–Kier alpha value is -4.48. The number of sulfonamides is 1. The number of carbonyl (C=O) groups is 2. The first-order valence-corrected chi connectivity index (χ1v) is 14.4. The van der Waals surface area contributed by atoms with Gasteiger partial charge in [-0.3, -0.25) is 14.9 Å². The van der Waals surface area contributed by atoms with Crippen molar-refractivity contribution in [3.63, 3.8) is 0 Å². The van der Waals surface area contributed by atoms with E-state index in [0.29, 0.717) is 6.54 Å². The molecule has 2 aromatic carbocycles. The molecule has 2 unspecified atom stereocenters. The zero-order valence-electron chi connectivity index (χ0n) is 22.4. The number of amides is 1. The lowest BCUT2D eigenvalue weighted by Crippen LogP contribution is -2.53. The summed E-state index contributed by atoms with van der Waals surface area (Å²) in [5, 5.41) is 18.6. The smallest absolute Gasteiger partial charge is 0.475 e. The minimum atomic E-state index is -5.08. The number of nitrogens with two attached hydrogens (primary N) is 1. The Morgan fingerprint density at radius 1 is 1.27 bits per heavy atom. The number of ether oxygens (including phenoxy) is 1. The fourth-order valence-corrected chi connectivity index (χ4v) is 6.39. The summed E-state index contributed by atoms with van der Waals surface area (Å²) >= 11 is 6.62. The van der Waals surface area contributed by atoms with Crippen molar-refractivity contribution in [2.24, 2.45) is 10.9 Å². The lowest BCUT2D eigenvalue weighted by atomic mass is 10.1. The Bertz CT molecular complexity index is 1600. The molecule has 3 atom stereocenters. The molecule has 0 aromatic heterocycles. The Balaban J connectivity index is 0.000000676. The number of para-hydroxylation sites is 2. The second-order valence-corrected chi connectivity index (χ2v) is 11.7. The average Bonchev–Trinajstić information content (AvgIpc) is 3.26. The van der Waals surface area contributed by atoms with Gasteiger partial charge < -0.3 is 20.6 Å². The van der Waals surface area contributed by atoms with Crippen LogP contribution in [0, 0.1) is 10.1 Å². The maximum Gasteiger partial charge on any atom is 0.490 e. The highest BCUT2D eigenvalue weighted by Crippen LogP contribution is 2.37. The summed E-state index contributed by atoms with van der Waals surface area (Å²) in [6.07, 6.45) is 2.24. The van der Waals surface area contributed by atoms with Gasteiger partial charge in [-0.1, -0.05) is 60.2 Å². The Labute approximate surface area is 253 Å². The molecule has 18 heteroatoms. The molecule has 4 rings (SSSR count). The predicted molar refractivity (Wildman–Crippen MR) is 152 cm³/mol. The van der Waals surface area contributed by atoms with E-state index in [9.17, 15) is 36.5 Å². The number of allylic oxidation sites excluding steroid dienone is 2. The van der Waals surface area contributed by atoms with Crippen LogP contribution in [0.25, 0.3) is 0 Å². The van der Waals surface area contributed by atoms with Crippen molar-refractivity contribution in [3.8, 4) is 5.75 Å². The van der Waals surface area contributed by atoms with Crippen LogP contribution < -0.4 is 15.3 Å². The highest BCUT2D eigenvalue weighted by Gasteiger charge is 2.48. The van der Waals surface area contributed by atoms with E-state index in [2.05, 4.69) is 9.82 Å². The molecule has 0 spiro atoms. The second-order valence-electron chi connectivity index (χ2n) is 9.28. The van der Waals surface area contributed by atoms with Gasteiger partial charge >= 0.3 is 17.8 Å². The van der Waals surface area contributed by atoms with E-state index in [1.165, 1.54) is 54.8 Å². The van der Waals surface area contributed by atoms with E-state index in [0.717, 1.165) is 11.1 Å². The molecule has 1 aliphatic carbocycles. The molecule has 1 heterocycles. The van der Waals surface area contributed by atoms with Gasteiger partial charge in [0.05, 0.1) is 11.1 Å². The number of hydrogen-bond acceptors (Lipinski definition) is 9. The van der Waals surface area contributed by atoms with Crippen LogP contribution in [0.1, 0.15) is 17.5 Å². The number of rotatable bonds is 9. The highest BCUT2D eigenvalue weighted by molar-refractivity contribution is 7.90. The molecule has 236 valence electrons. The van der Waals surface area contributed by atoms with Crippen molar-refractivity contribution >= 4 is 45.4 Å². The number of likely N-dealkylation sites (tertiary alicyclic amines) is 1. The number of carboxylic acids is 1. The van der Waals surface area contributed by atoms with Gasteiger partial charge in [-0.2, -0.15) is 18.3 Å². The van der Waals surface area contributed by atoms with E-state index in [1.54, 1.807) is 4.90 Å². The van der Waals surface area contributed by atoms with Crippen molar-refractivity contribution in [2.75, 3.05) is 6.54 Å². The van der Waals surface area contributed by atoms with E-state index in [-0.39, 0.29) is 30.3 Å². The van der Waals surface area contributed by atoms with Crippen LogP contribution in [0.5, 0.6) is 5.75 Å². The Morgan fingerprint density at radius 3 is 2.59 bits per heavy atom. The first kappa shape index (κ1) is 34.0. The number of carbonyl (C=O) groups excluding carboxylic acids is 1. The monoisotopic (exact) mass is 659 g/mol. The van der Waals surface area contributed by atoms with E-state index >= 15 is 0 Å². The molecule has 0 bridgehead atoms. The van der Waals surface area contributed by atoms with Crippen molar-refractivity contribution in [3.05, 3.63) is 94.1 Å². The lowest BCUT2D eigenvalue weighted by molar-refractivity contribution is -0.386. The predicted octanol–water partition coefficient (Wildman–Crippen LogP) is 3.05. The van der Waals surface area contributed by atoms with Crippen LogP contribution in [0.3, 0.4) is 0 Å². The molecular formula is C26H25ClF3N5O8S. The number of hydrogen-bond donors (Lipinski definition) is 3. The quantitative estimate of drug-likeness (QED) is 0.119. The Morgan fingerprint density at radius 2 is 1.95 bits per heavy atom. The molecule has 13 nitrogen and oxygen atoms in total. The van der Waals surface area contributed by atoms with Crippen LogP contribution in [0.15, 0.2) is 77.9 Å². The zero-order chi connectivity index (χ0) is 32.7. The number of benzene rings is 2. The molecule has 1 saturated heterocycles. The number of nitrogens with one attached hydrogen (secondary N) is 1. The molecule has 0 radical (unpaired) electrons. The van der Waals surface area contributed by atoms with Gasteiger partial charge in [-0.15, -0.1) is 0 Å². The summed E-state index contributed by atoms with van der Waals surface area (Å²) in [5.74, 6) is 1.88. The molecule has 1 aliphatic heterocycles. The van der Waals surface area contributed by atoms with Gasteiger partial charge in [0.2, 0.25) is 21.0 Å². The van der Waals surface area contributed by atoms with Crippen LogP contribution in [0.4, 0.5) is 18.9 Å². The summed E-state index contributed by atoms with van der Waals surface area (Å²) in [6, 6.07) is 11.8. The van der Waals surface area contributed by atoms with Gasteiger partial charge in [-0.05, 0) is 35.8 Å². The summed E-state index contributed by atoms with van der Waals surface area (Å²) in [7, 11) is -4.26. The fraction of sp³-hybridized carbons (Fsp3) is 0.269. The third-order valence-corrected chi connectivity index (χ3v) is 8.52. The molecule has 4 N–H and O–H groups in total. The molecule has 0 saturated carbocycles. The Kier molecular flexibility index (Phi) is 10.7. The number of nitro benzene ring substituents is 1. The number of nitrogens with zero attached hydrogens (tertiary/aromatic N) is 3. The summed E-state index contributed by atoms with van der Waals surface area (Å²) in [4.78, 5) is 34.2. The molecule has 1 amide bonds. The molecule has 2 aliphatic rings. The number of aliphatic carboxylic acids is 1. The number of carboxylic acid groups (broad SMARTS) is 1. The van der Waals surface area contributed by atoms with E-state index < -0.39 is 43.4 Å². The van der Waals surface area contributed by atoms with Crippen molar-refractivity contribution in [2.45, 2.75) is 35.5 Å². The SMILES string of the molecule is NN=Cc1cccc(CN2CC[C@H](NS(=O)(=O)C3C=CC=CC3(Cl)Oc3ccccc3[N+](=O)[O-])C2=O)c1.O=C(O)C(F)(F)F.